The van der Waals surface area contributed by atoms with Gasteiger partial charge in [0.2, 0.25) is 0 Å². The van der Waals surface area contributed by atoms with Crippen molar-refractivity contribution in [3.05, 3.63) is 63.6 Å². The number of para-hydroxylation sites is 1. The minimum Gasteiger partial charge on any atom is -0.492 e. The van der Waals surface area contributed by atoms with Crippen LogP contribution in [0, 0.1) is 0 Å². The quantitative estimate of drug-likeness (QED) is 0.793. The number of halogens is 2. The van der Waals surface area contributed by atoms with Crippen LogP contribution < -0.4 is 4.74 Å². The average molecular weight is 312 g/mol. The zero-order chi connectivity index (χ0) is 12.1. The van der Waals surface area contributed by atoms with Gasteiger partial charge in [0.1, 0.15) is 5.75 Å². The van der Waals surface area contributed by atoms with E-state index in [-0.39, 0.29) is 0 Å². The van der Waals surface area contributed by atoms with Gasteiger partial charge in [-0.2, -0.15) is 0 Å². The largest absolute Gasteiger partial charge is 0.492 e. The molecule has 0 atom stereocenters. The Balaban J connectivity index is 1.90. The van der Waals surface area contributed by atoms with Crippen LogP contribution in [0.4, 0.5) is 0 Å². The number of hydrogen-bond donors (Lipinski definition) is 0. The van der Waals surface area contributed by atoms with E-state index in [2.05, 4.69) is 22.0 Å². The predicted octanol–water partition coefficient (Wildman–Crippen LogP) is 4.72. The molecule has 0 aliphatic heterocycles. The van der Waals surface area contributed by atoms with Gasteiger partial charge in [-0.15, -0.1) is 0 Å². The molecule has 2 rings (SSSR count). The first-order valence-electron chi connectivity index (χ1n) is 5.37. The monoisotopic (exact) mass is 310 g/mol. The third-order valence-corrected chi connectivity index (χ3v) is 3.26. The molecule has 0 radical (unpaired) electrons. The lowest BCUT2D eigenvalue weighted by atomic mass is 10.2. The molecule has 3 heteroatoms. The minimum absolute atomic E-state index is 0.642. The van der Waals surface area contributed by atoms with Crippen LogP contribution in [0.1, 0.15) is 5.56 Å². The molecule has 0 unspecified atom stereocenters. The summed E-state index contributed by atoms with van der Waals surface area (Å²) >= 11 is 9.37. The smallest absolute Gasteiger partial charge is 0.133 e. The van der Waals surface area contributed by atoms with Crippen LogP contribution in [-0.2, 0) is 6.42 Å². The minimum atomic E-state index is 0.642. The lowest BCUT2D eigenvalue weighted by Gasteiger charge is -2.08. The molecule has 0 saturated carbocycles. The van der Waals surface area contributed by atoms with Gasteiger partial charge in [0.05, 0.1) is 11.1 Å². The van der Waals surface area contributed by atoms with Crippen LogP contribution in [0.2, 0.25) is 5.02 Å². The van der Waals surface area contributed by atoms with E-state index >= 15 is 0 Å². The molecule has 0 aromatic heterocycles. The number of benzene rings is 2. The molecule has 0 fully saturated rings. The van der Waals surface area contributed by atoms with Crippen molar-refractivity contribution >= 4 is 27.5 Å². The first kappa shape index (κ1) is 12.5. The van der Waals surface area contributed by atoms with E-state index in [0.717, 1.165) is 21.7 Å². The first-order valence-corrected chi connectivity index (χ1v) is 6.54. The summed E-state index contributed by atoms with van der Waals surface area (Å²) in [7, 11) is 0. The molecule has 0 aliphatic rings. The highest BCUT2D eigenvalue weighted by atomic mass is 79.9. The summed E-state index contributed by atoms with van der Waals surface area (Å²) in [5, 5.41) is 0.767. The lowest BCUT2D eigenvalue weighted by Crippen LogP contribution is -2.01. The summed E-state index contributed by atoms with van der Waals surface area (Å²) in [6.07, 6.45) is 0.849. The van der Waals surface area contributed by atoms with Crippen molar-refractivity contribution in [1.29, 1.82) is 0 Å². The zero-order valence-electron chi connectivity index (χ0n) is 9.20. The Morgan fingerprint density at radius 3 is 2.65 bits per heavy atom. The molecular weight excluding hydrogens is 300 g/mol. The number of rotatable bonds is 4. The summed E-state index contributed by atoms with van der Waals surface area (Å²) in [6.45, 7) is 0.642. The van der Waals surface area contributed by atoms with Gasteiger partial charge in [-0.1, -0.05) is 35.9 Å². The topological polar surface area (TPSA) is 9.23 Å². The second-order valence-corrected chi connectivity index (χ2v) is 4.95. The molecule has 0 amide bonds. The van der Waals surface area contributed by atoms with Gasteiger partial charge < -0.3 is 4.74 Å². The highest BCUT2D eigenvalue weighted by Gasteiger charge is 1.99. The van der Waals surface area contributed by atoms with Crippen LogP contribution >= 0.6 is 27.5 Å². The van der Waals surface area contributed by atoms with Gasteiger partial charge in [-0.3, -0.25) is 0 Å². The SMILES string of the molecule is Clc1cccc(CCOc2ccccc2Br)c1. The van der Waals surface area contributed by atoms with Crippen molar-refractivity contribution in [3.63, 3.8) is 0 Å². The highest BCUT2D eigenvalue weighted by molar-refractivity contribution is 9.10. The summed E-state index contributed by atoms with van der Waals surface area (Å²) in [5.41, 5.74) is 1.18. The second kappa shape index (κ2) is 6.08. The normalized spacial score (nSPS) is 10.2. The standard InChI is InChI=1S/C14H12BrClO/c15-13-6-1-2-7-14(13)17-9-8-11-4-3-5-12(16)10-11/h1-7,10H,8-9H2. The van der Waals surface area contributed by atoms with E-state index in [9.17, 15) is 0 Å². The zero-order valence-corrected chi connectivity index (χ0v) is 11.5. The third kappa shape index (κ3) is 3.76. The Morgan fingerprint density at radius 1 is 1.06 bits per heavy atom. The first-order chi connectivity index (χ1) is 8.25. The molecule has 17 heavy (non-hydrogen) atoms. The Morgan fingerprint density at radius 2 is 1.88 bits per heavy atom. The van der Waals surface area contributed by atoms with Gasteiger partial charge in [0, 0.05) is 11.4 Å². The highest BCUT2D eigenvalue weighted by Crippen LogP contribution is 2.23. The van der Waals surface area contributed by atoms with Gasteiger partial charge >= 0.3 is 0 Å². The maximum atomic E-state index is 5.92. The van der Waals surface area contributed by atoms with E-state index < -0.39 is 0 Å². The fourth-order valence-corrected chi connectivity index (χ4v) is 2.15. The summed E-state index contributed by atoms with van der Waals surface area (Å²) in [4.78, 5) is 0. The molecule has 88 valence electrons. The molecule has 2 aromatic rings. The molecule has 1 nitrogen and oxygen atoms in total. The van der Waals surface area contributed by atoms with Crippen LogP contribution in [0.15, 0.2) is 53.0 Å². The van der Waals surface area contributed by atoms with Crippen molar-refractivity contribution in [2.24, 2.45) is 0 Å². The lowest BCUT2D eigenvalue weighted by molar-refractivity contribution is 0.320. The molecule has 0 aliphatic carbocycles. The molecule has 0 heterocycles. The van der Waals surface area contributed by atoms with E-state index in [4.69, 9.17) is 16.3 Å². The fraction of sp³-hybridized carbons (Fsp3) is 0.143. The summed E-state index contributed by atoms with van der Waals surface area (Å²) in [6, 6.07) is 15.7. The van der Waals surface area contributed by atoms with Crippen molar-refractivity contribution in [1.82, 2.24) is 0 Å². The van der Waals surface area contributed by atoms with Crippen LogP contribution in [0.25, 0.3) is 0 Å². The van der Waals surface area contributed by atoms with Crippen LogP contribution in [0.5, 0.6) is 5.75 Å². The Labute approximate surface area is 115 Å². The Bertz CT molecular complexity index is 499. The van der Waals surface area contributed by atoms with E-state index in [0.29, 0.717) is 6.61 Å². The van der Waals surface area contributed by atoms with Crippen molar-refractivity contribution < 1.29 is 4.74 Å². The molecule has 0 saturated heterocycles. The third-order valence-electron chi connectivity index (χ3n) is 2.37. The molecule has 0 spiro atoms. The number of ether oxygens (including phenoxy) is 1. The second-order valence-electron chi connectivity index (χ2n) is 3.66. The predicted molar refractivity (Wildman–Crippen MR) is 74.8 cm³/mol. The number of hydrogen-bond acceptors (Lipinski definition) is 1. The Hall–Kier alpha value is -0.990. The molecule has 0 bridgehead atoms. The van der Waals surface area contributed by atoms with E-state index in [1.165, 1.54) is 5.56 Å². The Kier molecular flexibility index (Phi) is 4.46. The average Bonchev–Trinajstić information content (AvgIpc) is 2.32. The van der Waals surface area contributed by atoms with Gasteiger partial charge in [0.25, 0.3) is 0 Å². The maximum absolute atomic E-state index is 5.92. The van der Waals surface area contributed by atoms with Crippen molar-refractivity contribution in [2.75, 3.05) is 6.61 Å². The van der Waals surface area contributed by atoms with Crippen molar-refractivity contribution in [2.45, 2.75) is 6.42 Å². The molecule has 0 N–H and O–H groups in total. The van der Waals surface area contributed by atoms with Crippen LogP contribution in [-0.4, -0.2) is 6.61 Å². The maximum Gasteiger partial charge on any atom is 0.133 e. The summed E-state index contributed by atoms with van der Waals surface area (Å²) < 4.78 is 6.67. The van der Waals surface area contributed by atoms with Crippen molar-refractivity contribution in [3.8, 4) is 5.75 Å². The van der Waals surface area contributed by atoms with E-state index in [1.807, 2.05) is 42.5 Å². The fourth-order valence-electron chi connectivity index (χ4n) is 1.53. The van der Waals surface area contributed by atoms with E-state index in [1.54, 1.807) is 0 Å². The summed E-state index contributed by atoms with van der Waals surface area (Å²) in [5.74, 6) is 0.870. The van der Waals surface area contributed by atoms with Crippen LogP contribution in [0.3, 0.4) is 0 Å². The molecule has 2 aromatic carbocycles. The van der Waals surface area contributed by atoms with Gasteiger partial charge in [0.15, 0.2) is 0 Å². The van der Waals surface area contributed by atoms with Gasteiger partial charge in [-0.25, -0.2) is 0 Å². The molecular formula is C14H12BrClO. The van der Waals surface area contributed by atoms with Gasteiger partial charge in [-0.05, 0) is 45.8 Å².